The second-order valence-electron chi connectivity index (χ2n) is 10.8. The quantitative estimate of drug-likeness (QED) is 0.180. The van der Waals surface area contributed by atoms with Crippen LogP contribution in [-0.2, 0) is 24.2 Å². The van der Waals surface area contributed by atoms with E-state index in [0.29, 0.717) is 29.1 Å². The van der Waals surface area contributed by atoms with E-state index in [1.165, 1.54) is 22.2 Å². The molecule has 1 amide bonds. The molecule has 8 heteroatoms. The Balaban J connectivity index is 1.47. The van der Waals surface area contributed by atoms with E-state index in [-0.39, 0.29) is 22.6 Å². The third-order valence-corrected chi connectivity index (χ3v) is 10.1. The topological polar surface area (TPSA) is 73.2 Å². The fraction of sp³-hybridized carbons (Fsp3) is 0.387. The van der Waals surface area contributed by atoms with Gasteiger partial charge in [0, 0.05) is 16.6 Å². The number of thioether (sulfide) groups is 1. The van der Waals surface area contributed by atoms with Gasteiger partial charge in [-0.05, 0) is 53.9 Å². The molecule has 2 heterocycles. The van der Waals surface area contributed by atoms with Crippen molar-refractivity contribution in [3.63, 3.8) is 0 Å². The predicted octanol–water partition coefficient (Wildman–Crippen LogP) is 6.79. The summed E-state index contributed by atoms with van der Waals surface area (Å²) in [5.41, 5.74) is 3.14. The van der Waals surface area contributed by atoms with Gasteiger partial charge in [-0.15, -0.1) is 11.3 Å². The van der Waals surface area contributed by atoms with Crippen molar-refractivity contribution in [3.8, 4) is 5.75 Å². The molecule has 5 rings (SSSR count). The molecule has 204 valence electrons. The minimum atomic E-state index is -0.163. The Bertz CT molecular complexity index is 1540. The fourth-order valence-corrected chi connectivity index (χ4v) is 7.38. The van der Waals surface area contributed by atoms with Crippen molar-refractivity contribution >= 4 is 44.9 Å². The van der Waals surface area contributed by atoms with Crippen molar-refractivity contribution in [2.24, 2.45) is 11.3 Å². The zero-order chi connectivity index (χ0) is 27.6. The van der Waals surface area contributed by atoms with E-state index < -0.39 is 0 Å². The van der Waals surface area contributed by atoms with E-state index in [9.17, 15) is 9.59 Å². The molecule has 1 unspecified atom stereocenters. The van der Waals surface area contributed by atoms with Crippen LogP contribution in [0.3, 0.4) is 0 Å². The minimum Gasteiger partial charge on any atom is -0.497 e. The standard InChI is InChI=1S/C31H35N3O3S2/c1-5-31(2,3)21-14-15-24-25(16-21)39-28-27(24)29(36)34(18-20-10-7-6-8-11-20)30(33-28)38-19-26(35)32-22-12-9-13-23(17-22)37-4/h6-13,17,21H,5,14-16,18-19H2,1-4H3,(H,32,35). The van der Waals surface area contributed by atoms with Crippen molar-refractivity contribution in [2.75, 3.05) is 18.2 Å². The highest BCUT2D eigenvalue weighted by atomic mass is 32.2. The Labute approximate surface area is 237 Å². The molecule has 0 saturated carbocycles. The van der Waals surface area contributed by atoms with Gasteiger partial charge in [0.05, 0.1) is 24.8 Å². The summed E-state index contributed by atoms with van der Waals surface area (Å²) in [6, 6.07) is 17.2. The average Bonchev–Trinajstić information content (AvgIpc) is 3.32. The number of aryl methyl sites for hydroxylation is 1. The molecule has 0 saturated heterocycles. The molecule has 39 heavy (non-hydrogen) atoms. The van der Waals surface area contributed by atoms with Gasteiger partial charge in [-0.1, -0.05) is 75.4 Å². The lowest BCUT2D eigenvalue weighted by Crippen LogP contribution is -2.29. The van der Waals surface area contributed by atoms with Gasteiger partial charge in [-0.2, -0.15) is 0 Å². The molecule has 0 radical (unpaired) electrons. The molecule has 0 bridgehead atoms. The summed E-state index contributed by atoms with van der Waals surface area (Å²) >= 11 is 2.96. The number of rotatable bonds is 9. The smallest absolute Gasteiger partial charge is 0.263 e. The first-order valence-electron chi connectivity index (χ1n) is 13.4. The third kappa shape index (κ3) is 5.92. The first kappa shape index (κ1) is 27.5. The Morgan fingerprint density at radius 3 is 2.74 bits per heavy atom. The zero-order valence-corrected chi connectivity index (χ0v) is 24.6. The summed E-state index contributed by atoms with van der Waals surface area (Å²) in [4.78, 5) is 34.0. The monoisotopic (exact) mass is 561 g/mol. The molecule has 0 spiro atoms. The number of methoxy groups -OCH3 is 1. The second kappa shape index (κ2) is 11.6. The van der Waals surface area contributed by atoms with E-state index in [0.717, 1.165) is 41.5 Å². The van der Waals surface area contributed by atoms with Crippen LogP contribution in [0, 0.1) is 11.3 Å². The minimum absolute atomic E-state index is 0.00902. The molecule has 0 fully saturated rings. The first-order valence-corrected chi connectivity index (χ1v) is 15.2. The lowest BCUT2D eigenvalue weighted by molar-refractivity contribution is -0.113. The SMILES string of the molecule is CCC(C)(C)C1CCc2c(sc3nc(SCC(=O)Nc4cccc(OC)c4)n(Cc4ccccc4)c(=O)c23)C1. The van der Waals surface area contributed by atoms with E-state index in [1.807, 2.05) is 48.5 Å². The van der Waals surface area contributed by atoms with Gasteiger partial charge in [0.15, 0.2) is 5.16 Å². The molecular formula is C31H35N3O3S2. The molecule has 2 aromatic heterocycles. The van der Waals surface area contributed by atoms with Crippen LogP contribution < -0.4 is 15.6 Å². The number of aromatic nitrogens is 2. The van der Waals surface area contributed by atoms with Crippen molar-refractivity contribution in [1.82, 2.24) is 9.55 Å². The fourth-order valence-electron chi connectivity index (χ4n) is 5.24. The number of benzene rings is 2. The summed E-state index contributed by atoms with van der Waals surface area (Å²) in [5, 5.41) is 4.26. The van der Waals surface area contributed by atoms with Gasteiger partial charge in [0.25, 0.3) is 5.56 Å². The third-order valence-electron chi connectivity index (χ3n) is 8.02. The number of hydrogen-bond donors (Lipinski definition) is 1. The Hall–Kier alpha value is -3.10. The van der Waals surface area contributed by atoms with Crippen molar-refractivity contribution < 1.29 is 9.53 Å². The van der Waals surface area contributed by atoms with Crippen LogP contribution in [0.15, 0.2) is 64.5 Å². The summed E-state index contributed by atoms with van der Waals surface area (Å²) in [7, 11) is 1.60. The van der Waals surface area contributed by atoms with Gasteiger partial charge in [-0.3, -0.25) is 14.2 Å². The maximum Gasteiger partial charge on any atom is 0.263 e. The number of carbonyl (C=O) groups is 1. The predicted molar refractivity (Wildman–Crippen MR) is 161 cm³/mol. The van der Waals surface area contributed by atoms with E-state index >= 15 is 0 Å². The molecule has 1 atom stereocenters. The van der Waals surface area contributed by atoms with Gasteiger partial charge in [0.2, 0.25) is 5.91 Å². The van der Waals surface area contributed by atoms with Gasteiger partial charge in [0.1, 0.15) is 10.6 Å². The summed E-state index contributed by atoms with van der Waals surface area (Å²) in [6.45, 7) is 7.38. The molecule has 1 N–H and O–H groups in total. The number of anilines is 1. The number of nitrogens with zero attached hydrogens (tertiary/aromatic N) is 2. The van der Waals surface area contributed by atoms with Gasteiger partial charge in [-0.25, -0.2) is 4.98 Å². The lowest BCUT2D eigenvalue weighted by Gasteiger charge is -2.36. The molecule has 1 aliphatic rings. The van der Waals surface area contributed by atoms with Crippen LogP contribution >= 0.6 is 23.1 Å². The maximum absolute atomic E-state index is 14.0. The largest absolute Gasteiger partial charge is 0.497 e. The highest BCUT2D eigenvalue weighted by Crippen LogP contribution is 2.44. The highest BCUT2D eigenvalue weighted by Gasteiger charge is 2.34. The average molecular weight is 562 g/mol. The molecule has 1 aliphatic carbocycles. The van der Waals surface area contributed by atoms with Crippen LogP contribution in [0.4, 0.5) is 5.69 Å². The number of thiophene rings is 1. The van der Waals surface area contributed by atoms with Crippen LogP contribution in [0.25, 0.3) is 10.2 Å². The van der Waals surface area contributed by atoms with Crippen LogP contribution in [0.5, 0.6) is 5.75 Å². The van der Waals surface area contributed by atoms with Crippen LogP contribution in [0.1, 0.15) is 49.6 Å². The Morgan fingerprint density at radius 2 is 2.00 bits per heavy atom. The Morgan fingerprint density at radius 1 is 1.21 bits per heavy atom. The molecule has 2 aromatic carbocycles. The van der Waals surface area contributed by atoms with E-state index in [1.54, 1.807) is 29.1 Å². The normalized spacial score (nSPS) is 15.2. The van der Waals surface area contributed by atoms with Crippen molar-refractivity contribution in [1.29, 1.82) is 0 Å². The van der Waals surface area contributed by atoms with Crippen LogP contribution in [0.2, 0.25) is 0 Å². The Kier molecular flexibility index (Phi) is 8.14. The summed E-state index contributed by atoms with van der Waals surface area (Å²) < 4.78 is 7.00. The summed E-state index contributed by atoms with van der Waals surface area (Å²) in [5.74, 6) is 1.25. The molecule has 0 aliphatic heterocycles. The molecular weight excluding hydrogens is 526 g/mol. The lowest BCUT2D eigenvalue weighted by atomic mass is 9.70. The van der Waals surface area contributed by atoms with Crippen LogP contribution in [-0.4, -0.2) is 28.3 Å². The molecule has 6 nitrogen and oxygen atoms in total. The number of carbonyl (C=O) groups excluding carboxylic acids is 1. The second-order valence-corrected chi connectivity index (χ2v) is 12.8. The van der Waals surface area contributed by atoms with Gasteiger partial charge < -0.3 is 10.1 Å². The number of hydrogen-bond acceptors (Lipinski definition) is 6. The number of amides is 1. The number of nitrogens with one attached hydrogen (secondary N) is 1. The highest BCUT2D eigenvalue weighted by molar-refractivity contribution is 7.99. The number of fused-ring (bicyclic) bond motifs is 3. The maximum atomic E-state index is 14.0. The van der Waals surface area contributed by atoms with Gasteiger partial charge >= 0.3 is 0 Å². The van der Waals surface area contributed by atoms with Crippen molar-refractivity contribution in [2.45, 2.75) is 58.2 Å². The van der Waals surface area contributed by atoms with E-state index in [2.05, 4.69) is 26.1 Å². The molecule has 4 aromatic rings. The first-order chi connectivity index (χ1) is 18.8. The van der Waals surface area contributed by atoms with E-state index in [4.69, 9.17) is 9.72 Å². The van der Waals surface area contributed by atoms with Crippen molar-refractivity contribution in [3.05, 3.63) is 81.0 Å². The number of ether oxygens (including phenoxy) is 1. The zero-order valence-electron chi connectivity index (χ0n) is 23.0. The summed E-state index contributed by atoms with van der Waals surface area (Å²) in [6.07, 6.45) is 4.15.